The SMILES string of the molecule is COc1ccc(O[C@H](c2ccccn2)c2ccccc2P(c2ccccc2)c2ccccc2)cc1. The highest BCUT2D eigenvalue weighted by molar-refractivity contribution is 7.79. The molecular weight excluding hydrogens is 449 g/mol. The van der Waals surface area contributed by atoms with Crippen LogP contribution in [0, 0.1) is 0 Å². The first-order valence-corrected chi connectivity index (χ1v) is 12.9. The van der Waals surface area contributed by atoms with Crippen LogP contribution in [0.2, 0.25) is 0 Å². The third-order valence-corrected chi connectivity index (χ3v) is 8.28. The van der Waals surface area contributed by atoms with E-state index in [1.165, 1.54) is 15.9 Å². The third kappa shape index (κ3) is 5.26. The quantitative estimate of drug-likeness (QED) is 0.257. The minimum atomic E-state index is -0.800. The normalized spacial score (nSPS) is 11.7. The van der Waals surface area contributed by atoms with E-state index in [9.17, 15) is 0 Å². The van der Waals surface area contributed by atoms with Crippen LogP contribution in [-0.2, 0) is 0 Å². The molecule has 172 valence electrons. The number of aromatic nitrogens is 1. The number of hydrogen-bond acceptors (Lipinski definition) is 3. The molecule has 1 aromatic heterocycles. The average molecular weight is 476 g/mol. The number of benzene rings is 4. The van der Waals surface area contributed by atoms with Crippen molar-refractivity contribution in [1.29, 1.82) is 0 Å². The molecule has 1 heterocycles. The maximum atomic E-state index is 6.64. The summed E-state index contributed by atoms with van der Waals surface area (Å²) in [6, 6.07) is 43.7. The van der Waals surface area contributed by atoms with E-state index in [0.29, 0.717) is 0 Å². The molecule has 0 saturated carbocycles. The second kappa shape index (κ2) is 11.0. The Morgan fingerprint density at radius 2 is 1.17 bits per heavy atom. The Hall–Kier alpha value is -3.94. The second-order valence-corrected chi connectivity index (χ2v) is 10.2. The summed E-state index contributed by atoms with van der Waals surface area (Å²) < 4.78 is 12.0. The first-order valence-electron chi connectivity index (χ1n) is 11.5. The van der Waals surface area contributed by atoms with Crippen LogP contribution in [0.3, 0.4) is 0 Å². The largest absolute Gasteiger partial charge is 0.497 e. The van der Waals surface area contributed by atoms with Gasteiger partial charge in [-0.15, -0.1) is 0 Å². The van der Waals surface area contributed by atoms with E-state index in [2.05, 4.69) is 89.9 Å². The summed E-state index contributed by atoms with van der Waals surface area (Å²) in [5.41, 5.74) is 1.98. The molecule has 5 aromatic rings. The molecule has 0 amide bonds. The maximum Gasteiger partial charge on any atom is 0.166 e. The molecule has 0 bridgehead atoms. The number of ether oxygens (including phenoxy) is 2. The summed E-state index contributed by atoms with van der Waals surface area (Å²) in [5, 5.41) is 3.85. The Balaban J connectivity index is 1.65. The molecule has 4 aromatic carbocycles. The molecule has 1 atom stereocenters. The van der Waals surface area contributed by atoms with E-state index < -0.39 is 7.92 Å². The van der Waals surface area contributed by atoms with Gasteiger partial charge in [0.1, 0.15) is 11.5 Å². The standard InChI is InChI=1S/C31H26NO2P/c1-33-24-19-21-25(22-20-24)34-31(29-17-10-11-23-32-29)28-16-8-9-18-30(28)35(26-12-4-2-5-13-26)27-14-6-3-7-15-27/h2-23,31H,1H3/t31-/m0/s1. The highest BCUT2D eigenvalue weighted by Gasteiger charge is 2.26. The van der Waals surface area contributed by atoms with E-state index in [-0.39, 0.29) is 6.10 Å². The molecule has 0 aliphatic heterocycles. The zero-order chi connectivity index (χ0) is 23.9. The average Bonchev–Trinajstić information content (AvgIpc) is 2.94. The summed E-state index contributed by atoms with van der Waals surface area (Å²) in [5.74, 6) is 1.56. The van der Waals surface area contributed by atoms with Crippen molar-refractivity contribution in [1.82, 2.24) is 4.98 Å². The number of methoxy groups -OCH3 is 1. The summed E-state index contributed by atoms with van der Waals surface area (Å²) in [7, 11) is 0.865. The number of hydrogen-bond donors (Lipinski definition) is 0. The molecule has 35 heavy (non-hydrogen) atoms. The van der Waals surface area contributed by atoms with Crippen LogP contribution in [0.4, 0.5) is 0 Å². The monoisotopic (exact) mass is 475 g/mol. The highest BCUT2D eigenvalue weighted by Crippen LogP contribution is 2.38. The second-order valence-electron chi connectivity index (χ2n) is 7.99. The van der Waals surface area contributed by atoms with Crippen molar-refractivity contribution >= 4 is 23.8 Å². The molecule has 4 heteroatoms. The number of pyridine rings is 1. The fourth-order valence-corrected chi connectivity index (χ4v) is 6.58. The Kier molecular flexibility index (Phi) is 7.17. The molecular formula is C31H26NO2P. The van der Waals surface area contributed by atoms with Gasteiger partial charge in [-0.05, 0) is 60.2 Å². The van der Waals surface area contributed by atoms with Gasteiger partial charge in [-0.25, -0.2) is 0 Å². The van der Waals surface area contributed by atoms with Crippen molar-refractivity contribution in [2.24, 2.45) is 0 Å². The predicted octanol–water partition coefficient (Wildman–Crippen LogP) is 6.02. The smallest absolute Gasteiger partial charge is 0.166 e. The van der Waals surface area contributed by atoms with Gasteiger partial charge in [0, 0.05) is 11.8 Å². The van der Waals surface area contributed by atoms with Gasteiger partial charge in [-0.3, -0.25) is 4.98 Å². The van der Waals surface area contributed by atoms with Crippen molar-refractivity contribution in [3.05, 3.63) is 145 Å². The Labute approximate surface area is 207 Å². The first kappa shape index (κ1) is 22.8. The van der Waals surface area contributed by atoms with Gasteiger partial charge in [0.05, 0.1) is 12.8 Å². The van der Waals surface area contributed by atoms with Gasteiger partial charge in [0.15, 0.2) is 6.10 Å². The summed E-state index contributed by atoms with van der Waals surface area (Å²) in [6.45, 7) is 0. The summed E-state index contributed by atoms with van der Waals surface area (Å²) in [6.07, 6.45) is 1.46. The van der Waals surface area contributed by atoms with Crippen molar-refractivity contribution < 1.29 is 9.47 Å². The Morgan fingerprint density at radius 3 is 1.77 bits per heavy atom. The Morgan fingerprint density at radius 1 is 0.600 bits per heavy atom. The van der Waals surface area contributed by atoms with Gasteiger partial charge < -0.3 is 9.47 Å². The fourth-order valence-electron chi connectivity index (χ4n) is 4.10. The molecule has 5 rings (SSSR count). The van der Waals surface area contributed by atoms with Gasteiger partial charge in [0.25, 0.3) is 0 Å². The van der Waals surface area contributed by atoms with Crippen LogP contribution in [0.15, 0.2) is 134 Å². The first-order chi connectivity index (χ1) is 17.3. The van der Waals surface area contributed by atoms with Crippen LogP contribution in [-0.4, -0.2) is 12.1 Å². The van der Waals surface area contributed by atoms with Crippen molar-refractivity contribution in [2.45, 2.75) is 6.10 Å². The van der Waals surface area contributed by atoms with E-state index in [1.54, 1.807) is 7.11 Å². The van der Waals surface area contributed by atoms with Crippen LogP contribution >= 0.6 is 7.92 Å². The van der Waals surface area contributed by atoms with Gasteiger partial charge in [-0.2, -0.15) is 0 Å². The highest BCUT2D eigenvalue weighted by atomic mass is 31.1. The fraction of sp³-hybridized carbons (Fsp3) is 0.0645. The van der Waals surface area contributed by atoms with Crippen LogP contribution in [0.5, 0.6) is 11.5 Å². The van der Waals surface area contributed by atoms with Gasteiger partial charge in [0.2, 0.25) is 0 Å². The minimum absolute atomic E-state index is 0.363. The molecule has 0 N–H and O–H groups in total. The van der Waals surface area contributed by atoms with Crippen LogP contribution in [0.1, 0.15) is 17.4 Å². The van der Waals surface area contributed by atoms with Gasteiger partial charge >= 0.3 is 0 Å². The topological polar surface area (TPSA) is 31.4 Å². The van der Waals surface area contributed by atoms with Crippen molar-refractivity contribution in [2.75, 3.05) is 7.11 Å². The Bertz CT molecular complexity index is 1300. The zero-order valence-electron chi connectivity index (χ0n) is 19.5. The lowest BCUT2D eigenvalue weighted by Crippen LogP contribution is -2.26. The third-order valence-electron chi connectivity index (χ3n) is 5.76. The molecule has 3 nitrogen and oxygen atoms in total. The summed E-state index contributed by atoms with van der Waals surface area (Å²) in [4.78, 5) is 4.69. The molecule has 0 unspecified atom stereocenters. The zero-order valence-corrected chi connectivity index (χ0v) is 20.4. The van der Waals surface area contributed by atoms with E-state index >= 15 is 0 Å². The van der Waals surface area contributed by atoms with Crippen LogP contribution in [0.25, 0.3) is 0 Å². The van der Waals surface area contributed by atoms with Crippen molar-refractivity contribution in [3.8, 4) is 11.5 Å². The molecule has 0 spiro atoms. The number of rotatable bonds is 8. The molecule has 0 aliphatic carbocycles. The van der Waals surface area contributed by atoms with E-state index in [4.69, 9.17) is 9.47 Å². The molecule has 0 fully saturated rings. The van der Waals surface area contributed by atoms with E-state index in [0.717, 1.165) is 22.8 Å². The van der Waals surface area contributed by atoms with Crippen molar-refractivity contribution in [3.63, 3.8) is 0 Å². The predicted molar refractivity (Wildman–Crippen MR) is 145 cm³/mol. The molecule has 0 radical (unpaired) electrons. The lowest BCUT2D eigenvalue weighted by Gasteiger charge is -2.27. The van der Waals surface area contributed by atoms with Crippen LogP contribution < -0.4 is 25.4 Å². The summed E-state index contributed by atoms with van der Waals surface area (Å²) >= 11 is 0. The molecule has 0 aliphatic rings. The number of nitrogens with zero attached hydrogens (tertiary/aromatic N) is 1. The lowest BCUT2D eigenvalue weighted by atomic mass is 10.1. The minimum Gasteiger partial charge on any atom is -0.497 e. The lowest BCUT2D eigenvalue weighted by molar-refractivity contribution is 0.243. The maximum absolute atomic E-state index is 6.64. The van der Waals surface area contributed by atoms with E-state index in [1.807, 2.05) is 48.7 Å². The van der Waals surface area contributed by atoms with Gasteiger partial charge in [-0.1, -0.05) is 91.0 Å². The molecule has 0 saturated heterocycles.